The third-order valence-electron chi connectivity index (χ3n) is 4.32. The zero-order valence-electron chi connectivity index (χ0n) is 16.4. The van der Waals surface area contributed by atoms with Crippen LogP contribution in [0.5, 0.6) is 5.75 Å². The highest BCUT2D eigenvalue weighted by Crippen LogP contribution is 2.17. The van der Waals surface area contributed by atoms with Gasteiger partial charge in [0, 0.05) is 25.5 Å². The van der Waals surface area contributed by atoms with Crippen LogP contribution in [0.1, 0.15) is 18.1 Å². The quantitative estimate of drug-likeness (QED) is 0.467. The molecule has 0 spiro atoms. The number of benzene rings is 2. The Morgan fingerprint density at radius 3 is 2.79 bits per heavy atom. The molecule has 0 atom stereocenters. The summed E-state index contributed by atoms with van der Waals surface area (Å²) < 4.78 is 7.27. The molecular weight excluding hydrogens is 350 g/mol. The topological polar surface area (TPSA) is 63.5 Å². The number of hydrogen-bond acceptors (Lipinski definition) is 3. The summed E-state index contributed by atoms with van der Waals surface area (Å²) in [7, 11) is 1.70. The smallest absolute Gasteiger partial charge is 0.191 e. The first-order valence-corrected chi connectivity index (χ1v) is 9.53. The predicted octanol–water partition coefficient (Wildman–Crippen LogP) is 3.18. The number of rotatable bonds is 8. The Morgan fingerprint density at radius 1 is 1.11 bits per heavy atom. The van der Waals surface area contributed by atoms with Gasteiger partial charge in [0.2, 0.25) is 0 Å². The molecule has 0 aliphatic rings. The van der Waals surface area contributed by atoms with E-state index in [1.807, 2.05) is 47.3 Å². The van der Waals surface area contributed by atoms with Crippen LogP contribution >= 0.6 is 0 Å². The summed E-state index contributed by atoms with van der Waals surface area (Å²) in [5, 5.41) is 11.0. The van der Waals surface area contributed by atoms with Crippen molar-refractivity contribution in [1.82, 2.24) is 20.4 Å². The number of para-hydroxylation sites is 1. The average Bonchev–Trinajstić information content (AvgIpc) is 3.27. The Hall–Kier alpha value is -3.28. The molecule has 6 nitrogen and oxygen atoms in total. The molecule has 0 radical (unpaired) electrons. The van der Waals surface area contributed by atoms with Gasteiger partial charge in [-0.1, -0.05) is 30.3 Å². The number of aromatic nitrogens is 2. The van der Waals surface area contributed by atoms with Crippen molar-refractivity contribution in [2.24, 2.45) is 4.99 Å². The number of hydrogen-bond donors (Lipinski definition) is 2. The van der Waals surface area contributed by atoms with Crippen LogP contribution in [0.3, 0.4) is 0 Å². The molecule has 28 heavy (non-hydrogen) atoms. The van der Waals surface area contributed by atoms with Gasteiger partial charge >= 0.3 is 0 Å². The van der Waals surface area contributed by atoms with Gasteiger partial charge < -0.3 is 15.4 Å². The van der Waals surface area contributed by atoms with Crippen LogP contribution in [-0.2, 0) is 13.0 Å². The third kappa shape index (κ3) is 5.36. The number of methoxy groups -OCH3 is 1. The van der Waals surface area contributed by atoms with Gasteiger partial charge in [-0.15, -0.1) is 0 Å². The maximum absolute atomic E-state index is 5.42. The molecule has 0 unspecified atom stereocenters. The second-order valence-electron chi connectivity index (χ2n) is 6.30. The molecule has 6 heteroatoms. The standard InChI is InChI=1S/C22H27N5O/c1-3-23-22(24-14-12-19-9-4-5-11-21(19)28-2)25-17-18-8-6-10-20(16-18)27-15-7-13-26-27/h4-11,13,15-16H,3,12,14,17H2,1-2H3,(H2,23,24,25). The van der Waals surface area contributed by atoms with Crippen molar-refractivity contribution in [3.8, 4) is 11.4 Å². The highest BCUT2D eigenvalue weighted by Gasteiger charge is 2.03. The highest BCUT2D eigenvalue weighted by molar-refractivity contribution is 5.79. The molecule has 0 bridgehead atoms. The first-order valence-electron chi connectivity index (χ1n) is 9.53. The average molecular weight is 377 g/mol. The van der Waals surface area contributed by atoms with Crippen LogP contribution in [-0.4, -0.2) is 35.9 Å². The number of nitrogens with one attached hydrogen (secondary N) is 2. The summed E-state index contributed by atoms with van der Waals surface area (Å²) in [5.74, 6) is 1.73. The van der Waals surface area contributed by atoms with E-state index in [0.717, 1.165) is 42.5 Å². The summed E-state index contributed by atoms with van der Waals surface area (Å²) >= 11 is 0. The van der Waals surface area contributed by atoms with Crippen LogP contribution in [0.15, 0.2) is 72.0 Å². The molecule has 1 heterocycles. The minimum atomic E-state index is 0.596. The molecule has 3 aromatic rings. The van der Waals surface area contributed by atoms with Gasteiger partial charge in [0.05, 0.1) is 19.3 Å². The highest BCUT2D eigenvalue weighted by atomic mass is 16.5. The molecule has 0 aliphatic carbocycles. The fraction of sp³-hybridized carbons (Fsp3) is 0.273. The Labute approximate surface area is 166 Å². The first kappa shape index (κ1) is 19.5. The molecule has 0 saturated heterocycles. The summed E-state index contributed by atoms with van der Waals surface area (Å²) in [6, 6.07) is 18.3. The van der Waals surface area contributed by atoms with Gasteiger partial charge in [-0.05, 0) is 48.7 Å². The lowest BCUT2D eigenvalue weighted by molar-refractivity contribution is 0.409. The molecular formula is C22H27N5O. The fourth-order valence-electron chi connectivity index (χ4n) is 2.96. The first-order chi connectivity index (χ1) is 13.8. The van der Waals surface area contributed by atoms with E-state index in [1.165, 1.54) is 5.56 Å². The Bertz CT molecular complexity index is 889. The lowest BCUT2D eigenvalue weighted by Gasteiger charge is -2.13. The third-order valence-corrected chi connectivity index (χ3v) is 4.32. The van der Waals surface area contributed by atoms with E-state index in [2.05, 4.69) is 40.9 Å². The van der Waals surface area contributed by atoms with E-state index < -0.39 is 0 Å². The zero-order chi connectivity index (χ0) is 19.6. The van der Waals surface area contributed by atoms with E-state index in [4.69, 9.17) is 9.73 Å². The molecule has 0 amide bonds. The normalized spacial score (nSPS) is 11.3. The Kier molecular flexibility index (Phi) is 7.07. The summed E-state index contributed by atoms with van der Waals surface area (Å²) in [5.41, 5.74) is 3.35. The molecule has 0 fully saturated rings. The largest absolute Gasteiger partial charge is 0.496 e. The maximum Gasteiger partial charge on any atom is 0.191 e. The lowest BCUT2D eigenvalue weighted by atomic mass is 10.1. The minimum absolute atomic E-state index is 0.596. The van der Waals surface area contributed by atoms with Crippen molar-refractivity contribution < 1.29 is 4.74 Å². The predicted molar refractivity (Wildman–Crippen MR) is 113 cm³/mol. The van der Waals surface area contributed by atoms with Crippen LogP contribution in [0, 0.1) is 0 Å². The van der Waals surface area contributed by atoms with Gasteiger partial charge in [0.15, 0.2) is 5.96 Å². The van der Waals surface area contributed by atoms with Crippen molar-refractivity contribution in [2.45, 2.75) is 19.9 Å². The number of nitrogens with zero attached hydrogens (tertiary/aromatic N) is 3. The Morgan fingerprint density at radius 2 is 2.00 bits per heavy atom. The molecule has 0 aliphatic heterocycles. The van der Waals surface area contributed by atoms with Gasteiger partial charge in [0.25, 0.3) is 0 Å². The van der Waals surface area contributed by atoms with Crippen LogP contribution < -0.4 is 15.4 Å². The van der Waals surface area contributed by atoms with Crippen molar-refractivity contribution in [3.63, 3.8) is 0 Å². The molecule has 2 N–H and O–H groups in total. The van der Waals surface area contributed by atoms with Crippen LogP contribution in [0.2, 0.25) is 0 Å². The Balaban J connectivity index is 1.60. The minimum Gasteiger partial charge on any atom is -0.496 e. The monoisotopic (exact) mass is 377 g/mol. The fourth-order valence-corrected chi connectivity index (χ4v) is 2.96. The van der Waals surface area contributed by atoms with Gasteiger partial charge in [-0.25, -0.2) is 9.67 Å². The van der Waals surface area contributed by atoms with Crippen molar-refractivity contribution >= 4 is 5.96 Å². The van der Waals surface area contributed by atoms with Crippen LogP contribution in [0.25, 0.3) is 5.69 Å². The zero-order valence-corrected chi connectivity index (χ0v) is 16.4. The SMILES string of the molecule is CCNC(=NCc1cccc(-n2cccn2)c1)NCCc1ccccc1OC. The van der Waals surface area contributed by atoms with Crippen LogP contribution in [0.4, 0.5) is 0 Å². The van der Waals surface area contributed by atoms with E-state index in [0.29, 0.717) is 6.54 Å². The van der Waals surface area contributed by atoms with Gasteiger partial charge in [-0.2, -0.15) is 5.10 Å². The van der Waals surface area contributed by atoms with E-state index in [1.54, 1.807) is 13.3 Å². The van der Waals surface area contributed by atoms with Crippen molar-refractivity contribution in [3.05, 3.63) is 78.1 Å². The number of guanidine groups is 1. The second-order valence-corrected chi connectivity index (χ2v) is 6.30. The molecule has 1 aromatic heterocycles. The summed E-state index contributed by atoms with van der Waals surface area (Å²) in [4.78, 5) is 4.71. The second kappa shape index (κ2) is 10.2. The van der Waals surface area contributed by atoms with Gasteiger partial charge in [0.1, 0.15) is 5.75 Å². The number of ether oxygens (including phenoxy) is 1. The summed E-state index contributed by atoms with van der Waals surface area (Å²) in [6.07, 6.45) is 4.58. The van der Waals surface area contributed by atoms with Crippen molar-refractivity contribution in [2.75, 3.05) is 20.2 Å². The maximum atomic E-state index is 5.42. The summed E-state index contributed by atoms with van der Waals surface area (Å²) in [6.45, 7) is 4.25. The van der Waals surface area contributed by atoms with Gasteiger partial charge in [-0.3, -0.25) is 0 Å². The van der Waals surface area contributed by atoms with E-state index >= 15 is 0 Å². The molecule has 0 saturated carbocycles. The molecule has 2 aromatic carbocycles. The van der Waals surface area contributed by atoms with E-state index in [-0.39, 0.29) is 0 Å². The molecule has 3 rings (SSSR count). The van der Waals surface area contributed by atoms with Crippen molar-refractivity contribution in [1.29, 1.82) is 0 Å². The number of aliphatic imine (C=N–C) groups is 1. The van der Waals surface area contributed by atoms with E-state index in [9.17, 15) is 0 Å². The molecule has 146 valence electrons. The lowest BCUT2D eigenvalue weighted by Crippen LogP contribution is -2.38.